The third kappa shape index (κ3) is 6.00. The Morgan fingerprint density at radius 1 is 1.07 bits per heavy atom. The maximum atomic E-state index is 12.0. The van der Waals surface area contributed by atoms with Crippen LogP contribution in [0.25, 0.3) is 0 Å². The number of hydrogen-bond donors (Lipinski definition) is 2. The van der Waals surface area contributed by atoms with Gasteiger partial charge in [0.1, 0.15) is 0 Å². The fraction of sp³-hybridized carbons (Fsp3) is 0.333. The lowest BCUT2D eigenvalue weighted by molar-refractivity contribution is -0.128. The second-order valence-electron chi connectivity index (χ2n) is 6.71. The monoisotopic (exact) mass is 387 g/mol. The lowest BCUT2D eigenvalue weighted by Gasteiger charge is -2.15. The minimum Gasteiger partial charge on any atom is -0.399 e. The Labute approximate surface area is 166 Å². The van der Waals surface area contributed by atoms with E-state index in [-0.39, 0.29) is 24.2 Å². The van der Waals surface area contributed by atoms with Crippen molar-refractivity contribution in [3.05, 3.63) is 65.2 Å². The summed E-state index contributed by atoms with van der Waals surface area (Å²) in [7, 11) is 0. The molecule has 0 aromatic heterocycles. The van der Waals surface area contributed by atoms with Gasteiger partial charge in [0.15, 0.2) is 0 Å². The van der Waals surface area contributed by atoms with Crippen LogP contribution in [0.3, 0.4) is 0 Å². The van der Waals surface area contributed by atoms with Gasteiger partial charge in [-0.2, -0.15) is 0 Å². The third-order valence-corrected chi connectivity index (χ3v) is 4.73. The highest BCUT2D eigenvalue weighted by Gasteiger charge is 2.19. The molecule has 1 fully saturated rings. The number of para-hydroxylation sites is 1. The first-order chi connectivity index (χ1) is 12.6. The van der Waals surface area contributed by atoms with Gasteiger partial charge in [0.2, 0.25) is 11.8 Å². The predicted octanol–water partition coefficient (Wildman–Crippen LogP) is 3.06. The van der Waals surface area contributed by atoms with Gasteiger partial charge >= 0.3 is 0 Å². The molecule has 0 bridgehead atoms. The molecule has 1 heterocycles. The van der Waals surface area contributed by atoms with Gasteiger partial charge < -0.3 is 16.0 Å². The van der Waals surface area contributed by atoms with Crippen LogP contribution < -0.4 is 11.1 Å². The highest BCUT2D eigenvalue weighted by Crippen LogP contribution is 2.15. The van der Waals surface area contributed by atoms with Gasteiger partial charge in [-0.3, -0.25) is 9.59 Å². The lowest BCUT2D eigenvalue weighted by Crippen LogP contribution is -2.24. The molecular formula is C21H26ClN3O2. The molecule has 0 atom stereocenters. The molecule has 0 aliphatic carbocycles. The largest absolute Gasteiger partial charge is 0.399 e. The number of nitrogens with zero attached hydrogens (tertiary/aromatic N) is 1. The summed E-state index contributed by atoms with van der Waals surface area (Å²) in [5.74, 6) is 0.250. The number of nitrogen functional groups attached to an aromatic ring is 1. The van der Waals surface area contributed by atoms with Crippen molar-refractivity contribution in [1.29, 1.82) is 0 Å². The van der Waals surface area contributed by atoms with Crippen LogP contribution in [0.4, 0.5) is 5.69 Å². The average molecular weight is 388 g/mol. The first-order valence-electron chi connectivity index (χ1n) is 9.07. The Morgan fingerprint density at radius 2 is 1.78 bits per heavy atom. The van der Waals surface area contributed by atoms with Crippen molar-refractivity contribution in [2.75, 3.05) is 12.3 Å². The summed E-state index contributed by atoms with van der Waals surface area (Å²) >= 11 is 0. The van der Waals surface area contributed by atoms with Crippen LogP contribution >= 0.6 is 12.4 Å². The van der Waals surface area contributed by atoms with Crippen molar-refractivity contribution in [3.63, 3.8) is 0 Å². The number of benzene rings is 2. The molecule has 2 aromatic carbocycles. The number of nitrogens with one attached hydrogen (secondary N) is 1. The molecular weight excluding hydrogens is 362 g/mol. The highest BCUT2D eigenvalue weighted by atomic mass is 35.5. The summed E-state index contributed by atoms with van der Waals surface area (Å²) < 4.78 is 0. The molecule has 2 amide bonds. The number of hydrogen-bond acceptors (Lipinski definition) is 3. The van der Waals surface area contributed by atoms with E-state index in [9.17, 15) is 9.59 Å². The van der Waals surface area contributed by atoms with Crippen molar-refractivity contribution < 1.29 is 9.59 Å². The molecule has 0 radical (unpaired) electrons. The van der Waals surface area contributed by atoms with E-state index in [4.69, 9.17) is 5.73 Å². The average Bonchev–Trinajstić information content (AvgIpc) is 3.05. The van der Waals surface area contributed by atoms with E-state index in [0.717, 1.165) is 35.3 Å². The van der Waals surface area contributed by atoms with Crippen LogP contribution in [-0.2, 0) is 29.1 Å². The standard InChI is InChI=1S/C21H25N3O2.ClH/c22-19-5-2-1-4-18(19)11-12-20(25)23-14-16-7-9-17(10-8-16)15-24-13-3-6-21(24)26;/h1-2,4-5,7-10H,3,6,11-15,22H2,(H,23,25);1H. The van der Waals surface area contributed by atoms with E-state index >= 15 is 0 Å². The number of carbonyl (C=O) groups excluding carboxylic acids is 2. The van der Waals surface area contributed by atoms with E-state index < -0.39 is 0 Å². The Bertz CT molecular complexity index is 777. The molecule has 1 aliphatic rings. The van der Waals surface area contributed by atoms with Gasteiger partial charge in [0.05, 0.1) is 0 Å². The quantitative estimate of drug-likeness (QED) is 0.717. The summed E-state index contributed by atoms with van der Waals surface area (Å²) in [6, 6.07) is 15.7. The number of aryl methyl sites for hydroxylation is 1. The van der Waals surface area contributed by atoms with E-state index in [1.165, 1.54) is 0 Å². The Kier molecular flexibility index (Phi) is 7.67. The van der Waals surface area contributed by atoms with Crippen LogP contribution in [0.15, 0.2) is 48.5 Å². The molecule has 1 aliphatic heterocycles. The first-order valence-corrected chi connectivity index (χ1v) is 9.07. The topological polar surface area (TPSA) is 75.4 Å². The summed E-state index contributed by atoms with van der Waals surface area (Å²) in [5.41, 5.74) is 9.80. The van der Waals surface area contributed by atoms with Gasteiger partial charge in [0.25, 0.3) is 0 Å². The minimum atomic E-state index is 0. The number of rotatable bonds is 7. The van der Waals surface area contributed by atoms with Crippen molar-refractivity contribution in [1.82, 2.24) is 10.2 Å². The Balaban J connectivity index is 0.00000261. The number of likely N-dealkylation sites (tertiary alicyclic amines) is 1. The molecule has 2 aromatic rings. The van der Waals surface area contributed by atoms with Crippen molar-refractivity contribution in [2.24, 2.45) is 0 Å². The van der Waals surface area contributed by atoms with Gasteiger partial charge in [0, 0.05) is 38.2 Å². The Hall–Kier alpha value is -2.53. The van der Waals surface area contributed by atoms with Gasteiger partial charge in [-0.1, -0.05) is 42.5 Å². The molecule has 6 heteroatoms. The summed E-state index contributed by atoms with van der Waals surface area (Å²) in [6.45, 7) is 2.03. The van der Waals surface area contributed by atoms with Crippen LogP contribution in [0.2, 0.25) is 0 Å². The molecule has 144 valence electrons. The van der Waals surface area contributed by atoms with Crippen molar-refractivity contribution >= 4 is 29.9 Å². The Morgan fingerprint density at radius 3 is 2.44 bits per heavy atom. The summed E-state index contributed by atoms with van der Waals surface area (Å²) in [6.07, 6.45) is 2.68. The zero-order valence-corrected chi connectivity index (χ0v) is 16.1. The van der Waals surface area contributed by atoms with Crippen LogP contribution in [0.5, 0.6) is 0 Å². The second-order valence-corrected chi connectivity index (χ2v) is 6.71. The number of anilines is 1. The number of halogens is 1. The van der Waals surface area contributed by atoms with Gasteiger partial charge in [-0.25, -0.2) is 0 Å². The maximum absolute atomic E-state index is 12.0. The van der Waals surface area contributed by atoms with E-state index in [2.05, 4.69) is 5.32 Å². The number of amides is 2. The van der Waals surface area contributed by atoms with Crippen LogP contribution in [0.1, 0.15) is 36.0 Å². The third-order valence-electron chi connectivity index (χ3n) is 4.73. The van der Waals surface area contributed by atoms with Crippen molar-refractivity contribution in [2.45, 2.75) is 38.8 Å². The first kappa shape index (κ1) is 20.8. The molecule has 5 nitrogen and oxygen atoms in total. The van der Waals surface area contributed by atoms with E-state index in [1.54, 1.807) is 0 Å². The second kappa shape index (κ2) is 9.97. The van der Waals surface area contributed by atoms with Crippen LogP contribution in [0, 0.1) is 0 Å². The molecule has 3 N–H and O–H groups in total. The SMILES string of the molecule is Cl.Nc1ccccc1CCC(=O)NCc1ccc(CN2CCCC2=O)cc1. The number of nitrogens with two attached hydrogens (primary N) is 1. The molecule has 0 saturated carbocycles. The molecule has 27 heavy (non-hydrogen) atoms. The normalized spacial score (nSPS) is 13.3. The highest BCUT2D eigenvalue weighted by molar-refractivity contribution is 5.85. The van der Waals surface area contributed by atoms with Crippen molar-refractivity contribution in [3.8, 4) is 0 Å². The van der Waals surface area contributed by atoms with E-state index in [0.29, 0.717) is 32.4 Å². The van der Waals surface area contributed by atoms with Crippen LogP contribution in [-0.4, -0.2) is 23.3 Å². The fourth-order valence-corrected chi connectivity index (χ4v) is 3.15. The fourth-order valence-electron chi connectivity index (χ4n) is 3.15. The zero-order valence-electron chi connectivity index (χ0n) is 15.3. The maximum Gasteiger partial charge on any atom is 0.222 e. The molecule has 0 unspecified atom stereocenters. The van der Waals surface area contributed by atoms with Gasteiger partial charge in [-0.05, 0) is 35.6 Å². The molecule has 1 saturated heterocycles. The minimum absolute atomic E-state index is 0. The zero-order chi connectivity index (χ0) is 18.4. The predicted molar refractivity (Wildman–Crippen MR) is 109 cm³/mol. The molecule has 3 rings (SSSR count). The van der Waals surface area contributed by atoms with E-state index in [1.807, 2.05) is 53.4 Å². The number of carbonyl (C=O) groups is 2. The molecule has 0 spiro atoms. The summed E-state index contributed by atoms with van der Waals surface area (Å²) in [4.78, 5) is 25.6. The summed E-state index contributed by atoms with van der Waals surface area (Å²) in [5, 5.41) is 2.94. The smallest absolute Gasteiger partial charge is 0.222 e. The van der Waals surface area contributed by atoms with Gasteiger partial charge in [-0.15, -0.1) is 12.4 Å². The lowest BCUT2D eigenvalue weighted by atomic mass is 10.1.